The lowest BCUT2D eigenvalue weighted by Gasteiger charge is -2.14. The minimum absolute atomic E-state index is 0.125. The molecule has 4 N–H and O–H groups in total. The molecule has 0 saturated heterocycles. The van der Waals surface area contributed by atoms with Crippen LogP contribution >= 0.6 is 0 Å². The van der Waals surface area contributed by atoms with E-state index < -0.39 is 0 Å². The van der Waals surface area contributed by atoms with Gasteiger partial charge in [-0.05, 0) is 94.3 Å². The number of nitrogens with one attached hydrogen (secondary N) is 2. The number of aryl methyl sites for hydroxylation is 1. The molecule has 0 bridgehead atoms. The van der Waals surface area contributed by atoms with Crippen molar-refractivity contribution in [3.05, 3.63) is 121 Å². The van der Waals surface area contributed by atoms with Crippen molar-refractivity contribution in [2.75, 3.05) is 23.7 Å². The van der Waals surface area contributed by atoms with E-state index in [2.05, 4.69) is 58.9 Å². The van der Waals surface area contributed by atoms with Crippen molar-refractivity contribution in [3.63, 3.8) is 0 Å². The number of imidazole rings is 2. The summed E-state index contributed by atoms with van der Waals surface area (Å²) in [5, 5.41) is 30.1. The molecule has 0 amide bonds. The second-order valence-electron chi connectivity index (χ2n) is 15.8. The van der Waals surface area contributed by atoms with Gasteiger partial charge in [-0.2, -0.15) is 0 Å². The maximum atomic E-state index is 11.3. The van der Waals surface area contributed by atoms with Crippen LogP contribution in [0.2, 0.25) is 0 Å². The second kappa shape index (κ2) is 16.3. The molecular weight excluding hydrogens is 765 g/mol. The minimum atomic E-state index is 0.125. The van der Waals surface area contributed by atoms with Crippen molar-refractivity contribution in [1.29, 1.82) is 0 Å². The van der Waals surface area contributed by atoms with E-state index in [1.165, 1.54) is 0 Å². The molecule has 0 aliphatic rings. The molecule has 0 aliphatic carbocycles. The number of hydrogen-bond donors (Lipinski definition) is 4. The summed E-state index contributed by atoms with van der Waals surface area (Å²) in [6.45, 7) is 11.5. The molecule has 0 aliphatic heterocycles. The zero-order valence-corrected chi connectivity index (χ0v) is 34.7. The van der Waals surface area contributed by atoms with E-state index in [-0.39, 0.29) is 23.6 Å². The van der Waals surface area contributed by atoms with Crippen LogP contribution in [0.5, 0.6) is 11.5 Å². The summed E-state index contributed by atoms with van der Waals surface area (Å²) in [4.78, 5) is 38.6. The first-order valence-electron chi connectivity index (χ1n) is 20.5. The summed E-state index contributed by atoms with van der Waals surface area (Å²) < 4.78 is 4.08. The summed E-state index contributed by atoms with van der Waals surface area (Å²) >= 11 is 0. The highest BCUT2D eigenvalue weighted by Crippen LogP contribution is 2.36. The first kappa shape index (κ1) is 39.0. The van der Waals surface area contributed by atoms with Gasteiger partial charge in [0.1, 0.15) is 22.5 Å². The van der Waals surface area contributed by atoms with E-state index in [0.29, 0.717) is 70.6 Å². The number of phenols is 2. The van der Waals surface area contributed by atoms with Crippen molar-refractivity contribution in [2.24, 2.45) is 0 Å². The number of anilines is 2. The molecule has 61 heavy (non-hydrogen) atoms. The third kappa shape index (κ3) is 7.75. The van der Waals surface area contributed by atoms with Crippen molar-refractivity contribution in [3.8, 4) is 45.4 Å². The van der Waals surface area contributed by atoms with Crippen molar-refractivity contribution in [2.45, 2.75) is 59.5 Å². The third-order valence-corrected chi connectivity index (χ3v) is 10.9. The average Bonchev–Trinajstić information content (AvgIpc) is 3.91. The Balaban J connectivity index is 0.999. The van der Waals surface area contributed by atoms with Gasteiger partial charge in [-0.15, -0.1) is 0 Å². The largest absolute Gasteiger partial charge is 0.508 e. The van der Waals surface area contributed by atoms with Gasteiger partial charge in [-0.1, -0.05) is 42.5 Å². The minimum Gasteiger partial charge on any atom is -0.508 e. The van der Waals surface area contributed by atoms with Crippen LogP contribution in [-0.4, -0.2) is 72.3 Å². The zero-order valence-electron chi connectivity index (χ0n) is 34.7. The van der Waals surface area contributed by atoms with Gasteiger partial charge in [-0.25, -0.2) is 29.9 Å². The van der Waals surface area contributed by atoms with Crippen molar-refractivity contribution in [1.82, 2.24) is 49.0 Å². The molecule has 0 spiro atoms. The average molecular weight is 811 g/mol. The molecule has 6 aromatic heterocycles. The Morgan fingerprint density at radius 2 is 1.23 bits per heavy atom. The number of fused-ring (bicyclic) bond motifs is 3. The summed E-state index contributed by atoms with van der Waals surface area (Å²) in [7, 11) is 0. The fourth-order valence-electron chi connectivity index (χ4n) is 7.58. The maximum Gasteiger partial charge on any atom is 0.166 e. The van der Waals surface area contributed by atoms with Crippen LogP contribution in [-0.2, 0) is 12.8 Å². The number of hydrogen-bond acceptors (Lipinski definition) is 12. The first-order valence-corrected chi connectivity index (χ1v) is 20.5. The Kier molecular flexibility index (Phi) is 10.4. The number of rotatable bonds is 13. The number of aromatic hydroxyl groups is 2. The van der Waals surface area contributed by atoms with Gasteiger partial charge in [0.05, 0.1) is 12.7 Å². The number of benzene rings is 3. The highest BCUT2D eigenvalue weighted by molar-refractivity contribution is 5.96. The zero-order chi connectivity index (χ0) is 42.2. The molecule has 0 radical (unpaired) electrons. The molecule has 0 atom stereocenters. The van der Waals surface area contributed by atoms with Crippen LogP contribution in [0, 0.1) is 6.92 Å². The second-order valence-corrected chi connectivity index (χ2v) is 15.8. The highest BCUT2D eigenvalue weighted by atomic mass is 16.3. The van der Waals surface area contributed by atoms with Crippen molar-refractivity contribution < 1.29 is 10.2 Å². The van der Waals surface area contributed by atoms with Gasteiger partial charge in [-0.3, -0.25) is 9.97 Å². The fraction of sp³-hybridized carbons (Fsp3) is 0.234. The quantitative estimate of drug-likeness (QED) is 0.0870. The molecule has 0 fully saturated rings. The predicted molar refractivity (Wildman–Crippen MR) is 240 cm³/mol. The third-order valence-electron chi connectivity index (χ3n) is 10.9. The van der Waals surface area contributed by atoms with Gasteiger partial charge >= 0.3 is 0 Å². The van der Waals surface area contributed by atoms with Crippen LogP contribution in [0.25, 0.3) is 67.0 Å². The normalized spacial score (nSPS) is 11.7. The smallest absolute Gasteiger partial charge is 0.166 e. The van der Waals surface area contributed by atoms with E-state index in [4.69, 9.17) is 29.9 Å². The SMILES string of the molecule is Cc1ncc(-c2nc(NCCc3ccc(O)cc3)c3ncn(C(C)C)c3n2)cc1-c1cc(CCNc2nc(-c3cncc4ccccc34)nc3c2ncn3C(C)C)ccc1O. The lowest BCUT2D eigenvalue weighted by atomic mass is 9.98. The Morgan fingerprint density at radius 3 is 1.92 bits per heavy atom. The lowest BCUT2D eigenvalue weighted by molar-refractivity contribution is 0.475. The van der Waals surface area contributed by atoms with Crippen molar-refractivity contribution >= 4 is 44.7 Å². The molecule has 306 valence electrons. The van der Waals surface area contributed by atoms with E-state index in [1.54, 1.807) is 30.7 Å². The summed E-state index contributed by atoms with van der Waals surface area (Å²) in [6, 6.07) is 23.2. The van der Waals surface area contributed by atoms with Gasteiger partial charge in [0, 0.05) is 77.1 Å². The van der Waals surface area contributed by atoms with Gasteiger partial charge < -0.3 is 30.0 Å². The number of pyridine rings is 2. The Bertz CT molecular complexity index is 3040. The van der Waals surface area contributed by atoms with Gasteiger partial charge in [0.15, 0.2) is 34.6 Å². The molecule has 6 heterocycles. The van der Waals surface area contributed by atoms with E-state index in [1.807, 2.05) is 78.7 Å². The standard InChI is InChI=1S/C47H46N12O2/c1-27(2)58-25-52-40-44(49-18-16-30-10-13-34(60)14-11-30)54-42(56-46(40)58)33-21-36(29(5)51-23-33)37-20-31(12-15-39(37)61)17-19-50-45-41-47(59(26-53-41)28(3)4)57-43(55-45)38-24-48-22-32-8-6-7-9-35(32)38/h6-15,20-28,60-61H,16-19H2,1-5H3,(H,49,54,56)(H,50,55,57). The van der Waals surface area contributed by atoms with Crippen LogP contribution in [0.3, 0.4) is 0 Å². The molecule has 9 rings (SSSR count). The fourth-order valence-corrected chi connectivity index (χ4v) is 7.58. The highest BCUT2D eigenvalue weighted by Gasteiger charge is 2.20. The van der Waals surface area contributed by atoms with Crippen LogP contribution < -0.4 is 10.6 Å². The van der Waals surface area contributed by atoms with Gasteiger partial charge in [0.2, 0.25) is 0 Å². The number of aromatic nitrogens is 10. The van der Waals surface area contributed by atoms with E-state index in [0.717, 1.165) is 50.8 Å². The molecule has 0 saturated carbocycles. The summed E-state index contributed by atoms with van der Waals surface area (Å²) in [5.74, 6) is 2.71. The molecule has 14 nitrogen and oxygen atoms in total. The molecule has 14 heteroatoms. The first-order chi connectivity index (χ1) is 29.6. The van der Waals surface area contributed by atoms with Crippen LogP contribution in [0.1, 0.15) is 56.6 Å². The molecule has 0 unspecified atom stereocenters. The topological polar surface area (TPSA) is 178 Å². The summed E-state index contributed by atoms with van der Waals surface area (Å²) in [5.41, 5.74) is 8.69. The van der Waals surface area contributed by atoms with E-state index >= 15 is 0 Å². The molecule has 9 aromatic rings. The predicted octanol–water partition coefficient (Wildman–Crippen LogP) is 9.10. The molecule has 3 aromatic carbocycles. The van der Waals surface area contributed by atoms with Gasteiger partial charge in [0.25, 0.3) is 0 Å². The lowest BCUT2D eigenvalue weighted by Crippen LogP contribution is -2.09. The Morgan fingerprint density at radius 1 is 0.607 bits per heavy atom. The summed E-state index contributed by atoms with van der Waals surface area (Å²) in [6.07, 6.45) is 10.4. The Hall–Kier alpha value is -7.48. The van der Waals surface area contributed by atoms with Crippen LogP contribution in [0.4, 0.5) is 11.6 Å². The monoisotopic (exact) mass is 810 g/mol. The maximum absolute atomic E-state index is 11.3. The Labute approximate surface area is 352 Å². The van der Waals surface area contributed by atoms with E-state index in [9.17, 15) is 10.2 Å². The number of phenolic OH excluding ortho intramolecular Hbond substituents is 2. The molecular formula is C47H46N12O2. The number of nitrogens with zero attached hydrogens (tertiary/aromatic N) is 10. The van der Waals surface area contributed by atoms with Crippen LogP contribution in [0.15, 0.2) is 104 Å².